The maximum absolute atomic E-state index is 13.9. The fourth-order valence-electron chi connectivity index (χ4n) is 4.72. The van der Waals surface area contributed by atoms with Gasteiger partial charge in [-0.3, -0.25) is 0 Å². The molecular formula is C28H13F9N4. The number of aryl methyl sites for hydroxylation is 1. The van der Waals surface area contributed by atoms with Gasteiger partial charge in [-0.15, -0.1) is 0 Å². The van der Waals surface area contributed by atoms with Crippen LogP contribution in [0.15, 0.2) is 60.7 Å². The normalized spacial score (nSPS) is 13.1. The molecular weight excluding hydrogens is 563 g/mol. The first kappa shape index (κ1) is 26.7. The fraction of sp³-hybridized carbons (Fsp3) is 0.143. The number of halogens is 9. The Labute approximate surface area is 223 Å². The summed E-state index contributed by atoms with van der Waals surface area (Å²) < 4.78 is 123. The minimum Gasteiger partial charge on any atom is -0.224 e. The van der Waals surface area contributed by atoms with Crippen LogP contribution >= 0.6 is 0 Å². The molecule has 0 saturated carbocycles. The van der Waals surface area contributed by atoms with Crippen LogP contribution in [-0.2, 0) is 18.5 Å². The van der Waals surface area contributed by atoms with Crippen LogP contribution in [0.3, 0.4) is 0 Å². The van der Waals surface area contributed by atoms with E-state index in [1.165, 1.54) is 6.07 Å². The van der Waals surface area contributed by atoms with Gasteiger partial charge in [-0.05, 0) is 42.3 Å². The molecule has 0 amide bonds. The van der Waals surface area contributed by atoms with Gasteiger partial charge in [0.1, 0.15) is 0 Å². The van der Waals surface area contributed by atoms with E-state index in [4.69, 9.17) is 0 Å². The zero-order chi connectivity index (χ0) is 29.5. The number of rotatable bonds is 2. The monoisotopic (exact) mass is 576 g/mol. The van der Waals surface area contributed by atoms with Gasteiger partial charge >= 0.3 is 18.5 Å². The molecule has 4 aromatic carbocycles. The van der Waals surface area contributed by atoms with E-state index in [1.54, 1.807) is 31.2 Å². The molecule has 6 aromatic rings. The molecule has 2 aromatic heterocycles. The minimum atomic E-state index is -5.01. The Bertz CT molecular complexity index is 1940. The van der Waals surface area contributed by atoms with Gasteiger partial charge in [0.05, 0.1) is 27.6 Å². The van der Waals surface area contributed by atoms with Crippen LogP contribution in [0.4, 0.5) is 39.5 Å². The second-order valence-corrected chi connectivity index (χ2v) is 9.36. The van der Waals surface area contributed by atoms with Crippen molar-refractivity contribution in [3.63, 3.8) is 0 Å². The molecule has 0 aliphatic carbocycles. The van der Waals surface area contributed by atoms with Gasteiger partial charge in [-0.25, -0.2) is 19.9 Å². The molecule has 0 aliphatic heterocycles. The largest absolute Gasteiger partial charge is 0.451 e. The van der Waals surface area contributed by atoms with Crippen LogP contribution in [0.25, 0.3) is 55.1 Å². The number of hydrogen-bond acceptors (Lipinski definition) is 4. The molecule has 0 radical (unpaired) electrons. The second kappa shape index (κ2) is 8.72. The Morgan fingerprint density at radius 3 is 1.24 bits per heavy atom. The van der Waals surface area contributed by atoms with Gasteiger partial charge in [0.2, 0.25) is 11.6 Å². The summed E-state index contributed by atoms with van der Waals surface area (Å²) in [6, 6.07) is 12.3. The van der Waals surface area contributed by atoms with Gasteiger partial charge in [0.25, 0.3) is 0 Å². The predicted octanol–water partition coefficient (Wildman–Crippen LogP) is 8.86. The first-order valence-electron chi connectivity index (χ1n) is 11.8. The zero-order valence-electron chi connectivity index (χ0n) is 20.5. The van der Waals surface area contributed by atoms with E-state index < -0.39 is 35.7 Å². The van der Waals surface area contributed by atoms with Crippen LogP contribution < -0.4 is 0 Å². The summed E-state index contributed by atoms with van der Waals surface area (Å²) >= 11 is 0. The summed E-state index contributed by atoms with van der Waals surface area (Å²) in [5, 5.41) is -0.0598. The van der Waals surface area contributed by atoms with Crippen molar-refractivity contribution in [1.82, 2.24) is 19.9 Å². The van der Waals surface area contributed by atoms with Gasteiger partial charge in [0.15, 0.2) is 0 Å². The number of aromatic nitrogens is 4. The average Bonchev–Trinajstić information content (AvgIpc) is 2.89. The highest BCUT2D eigenvalue weighted by molar-refractivity contribution is 6.25. The van der Waals surface area contributed by atoms with Crippen molar-refractivity contribution in [1.29, 1.82) is 0 Å². The maximum atomic E-state index is 13.9. The van der Waals surface area contributed by atoms with Crippen molar-refractivity contribution in [2.75, 3.05) is 0 Å². The molecule has 0 fully saturated rings. The van der Waals surface area contributed by atoms with Crippen LogP contribution in [0.2, 0.25) is 0 Å². The van der Waals surface area contributed by atoms with Crippen molar-refractivity contribution >= 4 is 32.8 Å². The van der Waals surface area contributed by atoms with E-state index in [1.807, 2.05) is 0 Å². The molecule has 2 heterocycles. The van der Waals surface area contributed by atoms with E-state index in [9.17, 15) is 39.5 Å². The standard InChI is InChI=1S/C28H13F9N4/c1-12-2-4-13(5-3-12)16-10-18-21-20-19(39-24(27(32,33)34)40-22(16)20)11-17(23(21)41-25(38-18)28(35,36)37)14-6-8-15(9-7-14)26(29,30)31/h2-11H,1H3. The molecule has 13 heteroatoms. The summed E-state index contributed by atoms with van der Waals surface area (Å²) in [5.41, 5.74) is -0.927. The Hall–Kier alpha value is -4.55. The molecule has 0 N–H and O–H groups in total. The Balaban J connectivity index is 1.79. The summed E-state index contributed by atoms with van der Waals surface area (Å²) in [5.74, 6) is -3.02. The molecule has 0 spiro atoms. The molecule has 0 saturated heterocycles. The van der Waals surface area contributed by atoms with Crippen molar-refractivity contribution in [3.8, 4) is 22.3 Å². The Kier molecular flexibility index (Phi) is 5.67. The summed E-state index contributed by atoms with van der Waals surface area (Å²) in [7, 11) is 0. The van der Waals surface area contributed by atoms with Crippen LogP contribution in [0.1, 0.15) is 22.8 Å². The molecule has 208 valence electrons. The molecule has 0 bridgehead atoms. The lowest BCUT2D eigenvalue weighted by molar-refractivity contribution is -0.145. The lowest BCUT2D eigenvalue weighted by atomic mass is 9.92. The Morgan fingerprint density at radius 1 is 0.488 bits per heavy atom. The van der Waals surface area contributed by atoms with E-state index in [0.717, 1.165) is 23.8 Å². The van der Waals surface area contributed by atoms with Gasteiger partial charge in [0, 0.05) is 21.9 Å². The molecule has 6 rings (SSSR count). The predicted molar refractivity (Wildman–Crippen MR) is 132 cm³/mol. The van der Waals surface area contributed by atoms with Crippen LogP contribution in [0.5, 0.6) is 0 Å². The number of nitrogens with zero attached hydrogens (tertiary/aromatic N) is 4. The average molecular weight is 576 g/mol. The van der Waals surface area contributed by atoms with Crippen molar-refractivity contribution in [2.45, 2.75) is 25.5 Å². The highest BCUT2D eigenvalue weighted by Gasteiger charge is 2.38. The Morgan fingerprint density at radius 2 is 0.878 bits per heavy atom. The highest BCUT2D eigenvalue weighted by atomic mass is 19.4. The fourth-order valence-corrected chi connectivity index (χ4v) is 4.72. The number of benzene rings is 4. The lowest BCUT2D eigenvalue weighted by Crippen LogP contribution is -2.14. The third-order valence-corrected chi connectivity index (χ3v) is 6.59. The first-order chi connectivity index (χ1) is 19.1. The summed E-state index contributed by atoms with van der Waals surface area (Å²) in [4.78, 5) is 14.8. The first-order valence-corrected chi connectivity index (χ1v) is 11.8. The molecule has 41 heavy (non-hydrogen) atoms. The molecule has 0 atom stereocenters. The zero-order valence-corrected chi connectivity index (χ0v) is 20.5. The third kappa shape index (κ3) is 4.54. The van der Waals surface area contributed by atoms with E-state index >= 15 is 0 Å². The summed E-state index contributed by atoms with van der Waals surface area (Å²) in [6.07, 6.45) is -14.7. The topological polar surface area (TPSA) is 51.6 Å². The van der Waals surface area contributed by atoms with Gasteiger partial charge in [-0.2, -0.15) is 39.5 Å². The van der Waals surface area contributed by atoms with Gasteiger partial charge in [-0.1, -0.05) is 42.0 Å². The number of hydrogen-bond donors (Lipinski definition) is 0. The molecule has 4 nitrogen and oxygen atoms in total. The van der Waals surface area contributed by atoms with Crippen LogP contribution in [0, 0.1) is 6.92 Å². The van der Waals surface area contributed by atoms with E-state index in [-0.39, 0.29) is 49.5 Å². The minimum absolute atomic E-state index is 0.00883. The number of alkyl halides is 9. The lowest BCUT2D eigenvalue weighted by Gasteiger charge is -2.18. The van der Waals surface area contributed by atoms with E-state index in [2.05, 4.69) is 19.9 Å². The van der Waals surface area contributed by atoms with Gasteiger partial charge < -0.3 is 0 Å². The maximum Gasteiger partial charge on any atom is 0.451 e. The van der Waals surface area contributed by atoms with Crippen molar-refractivity contribution in [2.24, 2.45) is 0 Å². The summed E-state index contributed by atoms with van der Waals surface area (Å²) in [6.45, 7) is 1.78. The van der Waals surface area contributed by atoms with Crippen molar-refractivity contribution < 1.29 is 39.5 Å². The highest BCUT2D eigenvalue weighted by Crippen LogP contribution is 2.44. The third-order valence-electron chi connectivity index (χ3n) is 6.59. The smallest absolute Gasteiger partial charge is 0.224 e. The second-order valence-electron chi connectivity index (χ2n) is 9.36. The quantitative estimate of drug-likeness (QED) is 0.153. The SMILES string of the molecule is Cc1ccc(-c2cc3nc(C(F)(F)F)nc4c(-c5ccc(C(F)(F)F)cc5)cc5nc(C(F)(F)F)nc2c5c34)cc1. The van der Waals surface area contributed by atoms with Crippen molar-refractivity contribution in [3.05, 3.63) is 83.4 Å². The molecule has 0 aliphatic rings. The molecule has 0 unspecified atom stereocenters. The van der Waals surface area contributed by atoms with Crippen LogP contribution in [-0.4, -0.2) is 19.9 Å². The van der Waals surface area contributed by atoms with E-state index in [0.29, 0.717) is 17.7 Å².